The molecular weight excluding hydrogens is 258 g/mol. The van der Waals surface area contributed by atoms with E-state index in [0.717, 1.165) is 3.79 Å². The van der Waals surface area contributed by atoms with E-state index in [4.69, 9.17) is 5.73 Å². The first-order valence-electron chi connectivity index (χ1n) is 4.34. The fourth-order valence-electron chi connectivity index (χ4n) is 1.27. The Kier molecular flexibility index (Phi) is 3.01. The van der Waals surface area contributed by atoms with Crippen molar-refractivity contribution in [2.75, 3.05) is 0 Å². The molecule has 0 saturated carbocycles. The van der Waals surface area contributed by atoms with Crippen molar-refractivity contribution >= 4 is 27.3 Å². The molecule has 0 radical (unpaired) electrons. The Balaban J connectivity index is 2.33. The molecule has 72 valence electrons. The van der Waals surface area contributed by atoms with Crippen LogP contribution in [-0.4, -0.2) is 0 Å². The summed E-state index contributed by atoms with van der Waals surface area (Å²) in [5.41, 5.74) is 7.96. The molecular formula is C11H10BrNS. The van der Waals surface area contributed by atoms with Crippen LogP contribution in [0.1, 0.15) is 5.56 Å². The number of hydrogen-bond donors (Lipinski definition) is 1. The molecule has 0 saturated heterocycles. The SMILES string of the molecule is NCc1ccc(-c2ccc(Br)s2)cc1. The van der Waals surface area contributed by atoms with Crippen molar-refractivity contribution < 1.29 is 0 Å². The van der Waals surface area contributed by atoms with Crippen LogP contribution in [0.5, 0.6) is 0 Å². The Hall–Kier alpha value is -0.640. The van der Waals surface area contributed by atoms with E-state index in [1.54, 1.807) is 11.3 Å². The van der Waals surface area contributed by atoms with Crippen molar-refractivity contribution in [1.29, 1.82) is 0 Å². The zero-order valence-electron chi connectivity index (χ0n) is 7.53. The Bertz CT molecular complexity index is 419. The van der Waals surface area contributed by atoms with Gasteiger partial charge in [0, 0.05) is 11.4 Å². The minimum Gasteiger partial charge on any atom is -0.326 e. The van der Waals surface area contributed by atoms with Crippen LogP contribution >= 0.6 is 27.3 Å². The van der Waals surface area contributed by atoms with E-state index in [-0.39, 0.29) is 0 Å². The molecule has 1 aromatic carbocycles. The highest BCUT2D eigenvalue weighted by atomic mass is 79.9. The van der Waals surface area contributed by atoms with E-state index in [0.29, 0.717) is 6.54 Å². The van der Waals surface area contributed by atoms with Gasteiger partial charge in [0.05, 0.1) is 3.79 Å². The van der Waals surface area contributed by atoms with E-state index in [1.165, 1.54) is 16.0 Å². The largest absolute Gasteiger partial charge is 0.326 e. The Morgan fingerprint density at radius 1 is 1.07 bits per heavy atom. The third-order valence-electron chi connectivity index (χ3n) is 2.05. The van der Waals surface area contributed by atoms with Gasteiger partial charge in [0.2, 0.25) is 0 Å². The lowest BCUT2D eigenvalue weighted by Crippen LogP contribution is -1.94. The van der Waals surface area contributed by atoms with Gasteiger partial charge in [-0.1, -0.05) is 24.3 Å². The molecule has 0 fully saturated rings. The summed E-state index contributed by atoms with van der Waals surface area (Å²) in [5, 5.41) is 0. The summed E-state index contributed by atoms with van der Waals surface area (Å²) < 4.78 is 1.16. The van der Waals surface area contributed by atoms with Crippen LogP contribution in [-0.2, 0) is 6.54 Å². The van der Waals surface area contributed by atoms with Gasteiger partial charge in [-0.05, 0) is 39.2 Å². The summed E-state index contributed by atoms with van der Waals surface area (Å²) in [6.45, 7) is 0.606. The van der Waals surface area contributed by atoms with E-state index >= 15 is 0 Å². The molecule has 0 unspecified atom stereocenters. The summed E-state index contributed by atoms with van der Waals surface area (Å²) in [4.78, 5) is 1.28. The van der Waals surface area contributed by atoms with E-state index < -0.39 is 0 Å². The van der Waals surface area contributed by atoms with Gasteiger partial charge in [0.1, 0.15) is 0 Å². The predicted octanol–water partition coefficient (Wildman–Crippen LogP) is 3.64. The summed E-state index contributed by atoms with van der Waals surface area (Å²) in [7, 11) is 0. The second-order valence-electron chi connectivity index (χ2n) is 3.00. The summed E-state index contributed by atoms with van der Waals surface area (Å²) in [5.74, 6) is 0. The van der Waals surface area contributed by atoms with Gasteiger partial charge in [-0.2, -0.15) is 0 Å². The second-order valence-corrected chi connectivity index (χ2v) is 5.47. The highest BCUT2D eigenvalue weighted by Crippen LogP contribution is 2.31. The molecule has 2 aromatic rings. The van der Waals surface area contributed by atoms with Gasteiger partial charge in [-0.3, -0.25) is 0 Å². The average Bonchev–Trinajstić information content (AvgIpc) is 2.65. The van der Waals surface area contributed by atoms with Gasteiger partial charge >= 0.3 is 0 Å². The molecule has 0 aliphatic carbocycles. The predicted molar refractivity (Wildman–Crippen MR) is 65.3 cm³/mol. The van der Waals surface area contributed by atoms with Crippen molar-refractivity contribution in [3.63, 3.8) is 0 Å². The number of rotatable bonds is 2. The first-order chi connectivity index (χ1) is 6.79. The molecule has 2 N–H and O–H groups in total. The van der Waals surface area contributed by atoms with Crippen molar-refractivity contribution in [2.24, 2.45) is 5.73 Å². The normalized spacial score (nSPS) is 10.4. The lowest BCUT2D eigenvalue weighted by molar-refractivity contribution is 1.07. The van der Waals surface area contributed by atoms with Crippen LogP contribution < -0.4 is 5.73 Å². The molecule has 1 aromatic heterocycles. The van der Waals surface area contributed by atoms with Gasteiger partial charge in [0.15, 0.2) is 0 Å². The number of benzene rings is 1. The maximum atomic E-state index is 5.54. The van der Waals surface area contributed by atoms with Crippen LogP contribution in [0.2, 0.25) is 0 Å². The van der Waals surface area contributed by atoms with E-state index in [2.05, 4.69) is 52.3 Å². The lowest BCUT2D eigenvalue weighted by Gasteiger charge is -1.99. The first kappa shape index (κ1) is 9.90. The van der Waals surface area contributed by atoms with Crippen LogP contribution in [0.25, 0.3) is 10.4 Å². The molecule has 14 heavy (non-hydrogen) atoms. The molecule has 0 bridgehead atoms. The molecule has 0 amide bonds. The number of hydrogen-bond acceptors (Lipinski definition) is 2. The number of halogens is 1. The van der Waals surface area contributed by atoms with Gasteiger partial charge < -0.3 is 5.73 Å². The van der Waals surface area contributed by atoms with Crippen molar-refractivity contribution in [1.82, 2.24) is 0 Å². The topological polar surface area (TPSA) is 26.0 Å². The van der Waals surface area contributed by atoms with Crippen molar-refractivity contribution in [3.05, 3.63) is 45.7 Å². The average molecular weight is 268 g/mol. The lowest BCUT2D eigenvalue weighted by atomic mass is 10.1. The summed E-state index contributed by atoms with van der Waals surface area (Å²) in [6, 6.07) is 12.6. The summed E-state index contributed by atoms with van der Waals surface area (Å²) in [6.07, 6.45) is 0. The molecule has 3 heteroatoms. The van der Waals surface area contributed by atoms with Crippen LogP contribution in [0.4, 0.5) is 0 Å². The van der Waals surface area contributed by atoms with Crippen LogP contribution in [0.3, 0.4) is 0 Å². The Labute approximate surface area is 95.7 Å². The Morgan fingerprint density at radius 3 is 2.29 bits per heavy atom. The fourth-order valence-corrected chi connectivity index (χ4v) is 2.67. The van der Waals surface area contributed by atoms with Crippen molar-refractivity contribution in [3.8, 4) is 10.4 Å². The fraction of sp³-hybridized carbons (Fsp3) is 0.0909. The summed E-state index contributed by atoms with van der Waals surface area (Å²) >= 11 is 5.20. The second kappa shape index (κ2) is 4.26. The monoisotopic (exact) mass is 267 g/mol. The number of thiophene rings is 1. The molecule has 0 spiro atoms. The standard InChI is InChI=1S/C11H10BrNS/c12-11-6-5-10(14-11)9-3-1-8(7-13)2-4-9/h1-6H,7,13H2. The molecule has 1 heterocycles. The molecule has 2 rings (SSSR count). The molecule has 0 atom stereocenters. The quantitative estimate of drug-likeness (QED) is 0.884. The highest BCUT2D eigenvalue weighted by molar-refractivity contribution is 9.11. The maximum Gasteiger partial charge on any atom is 0.0705 e. The zero-order chi connectivity index (χ0) is 9.97. The zero-order valence-corrected chi connectivity index (χ0v) is 9.94. The van der Waals surface area contributed by atoms with E-state index in [1.807, 2.05) is 0 Å². The molecule has 1 nitrogen and oxygen atoms in total. The van der Waals surface area contributed by atoms with Crippen LogP contribution in [0, 0.1) is 0 Å². The molecule has 0 aliphatic heterocycles. The van der Waals surface area contributed by atoms with Crippen LogP contribution in [0.15, 0.2) is 40.2 Å². The van der Waals surface area contributed by atoms with Gasteiger partial charge in [0.25, 0.3) is 0 Å². The molecule has 0 aliphatic rings. The first-order valence-corrected chi connectivity index (χ1v) is 5.95. The minimum absolute atomic E-state index is 0.606. The number of nitrogens with two attached hydrogens (primary N) is 1. The minimum atomic E-state index is 0.606. The smallest absolute Gasteiger partial charge is 0.0705 e. The maximum absolute atomic E-state index is 5.54. The third-order valence-corrected chi connectivity index (χ3v) is 3.72. The van der Waals surface area contributed by atoms with Crippen molar-refractivity contribution in [2.45, 2.75) is 6.54 Å². The highest BCUT2D eigenvalue weighted by Gasteiger charge is 2.00. The van der Waals surface area contributed by atoms with E-state index in [9.17, 15) is 0 Å². The third kappa shape index (κ3) is 2.05. The van der Waals surface area contributed by atoms with Gasteiger partial charge in [-0.15, -0.1) is 11.3 Å². The Morgan fingerprint density at radius 2 is 1.79 bits per heavy atom. The van der Waals surface area contributed by atoms with Gasteiger partial charge in [-0.25, -0.2) is 0 Å².